The van der Waals surface area contributed by atoms with Gasteiger partial charge in [-0.3, -0.25) is 4.79 Å². The van der Waals surface area contributed by atoms with Gasteiger partial charge in [0, 0.05) is 6.26 Å². The summed E-state index contributed by atoms with van der Waals surface area (Å²) in [7, 11) is -3.54. The molecular formula is C13H17NO6S. The van der Waals surface area contributed by atoms with Crippen LogP contribution in [0.4, 0.5) is 0 Å². The van der Waals surface area contributed by atoms with Crippen LogP contribution in [0.1, 0.15) is 42.7 Å². The van der Waals surface area contributed by atoms with Crippen LogP contribution >= 0.6 is 0 Å². The van der Waals surface area contributed by atoms with Gasteiger partial charge < -0.3 is 14.8 Å². The highest BCUT2D eigenvalue weighted by atomic mass is 32.2. The number of aliphatic carboxylic acids is 1. The lowest BCUT2D eigenvalue weighted by Crippen LogP contribution is -2.55. The zero-order chi connectivity index (χ0) is 15.7. The largest absolute Gasteiger partial charge is 0.480 e. The van der Waals surface area contributed by atoms with Gasteiger partial charge in [0.15, 0.2) is 5.76 Å². The standard InChI is InChI=1S/C13H17NO6S/c1-21(18,19)10-6-5-9(20-10)11(15)14-13(12(16)17)7-3-2-4-8-13/h5-6H,2-4,7-8H2,1H3,(H,14,15)(H,16,17). The fourth-order valence-electron chi connectivity index (χ4n) is 2.47. The van der Waals surface area contributed by atoms with E-state index in [4.69, 9.17) is 4.42 Å². The van der Waals surface area contributed by atoms with Gasteiger partial charge in [0.05, 0.1) is 0 Å². The van der Waals surface area contributed by atoms with Crippen molar-refractivity contribution in [1.29, 1.82) is 0 Å². The molecule has 2 N–H and O–H groups in total. The number of furan rings is 1. The van der Waals surface area contributed by atoms with E-state index < -0.39 is 27.3 Å². The van der Waals surface area contributed by atoms with Crippen molar-refractivity contribution in [2.45, 2.75) is 42.7 Å². The van der Waals surface area contributed by atoms with Crippen LogP contribution in [0.25, 0.3) is 0 Å². The lowest BCUT2D eigenvalue weighted by atomic mass is 9.81. The van der Waals surface area contributed by atoms with Gasteiger partial charge in [0.1, 0.15) is 5.54 Å². The molecule has 1 aromatic rings. The Labute approximate surface area is 122 Å². The molecule has 8 heteroatoms. The number of carbonyl (C=O) groups excluding carboxylic acids is 1. The van der Waals surface area contributed by atoms with E-state index in [-0.39, 0.29) is 10.9 Å². The van der Waals surface area contributed by atoms with Gasteiger partial charge in [-0.05, 0) is 25.0 Å². The smallest absolute Gasteiger partial charge is 0.329 e. The van der Waals surface area contributed by atoms with Crippen LogP contribution in [-0.4, -0.2) is 37.2 Å². The molecule has 1 amide bonds. The molecule has 0 aromatic carbocycles. The van der Waals surface area contributed by atoms with E-state index in [1.807, 2.05) is 0 Å². The Morgan fingerprint density at radius 3 is 2.33 bits per heavy atom. The monoisotopic (exact) mass is 315 g/mol. The Morgan fingerprint density at radius 2 is 1.86 bits per heavy atom. The molecule has 1 saturated carbocycles. The fourth-order valence-corrected chi connectivity index (χ4v) is 3.02. The first kappa shape index (κ1) is 15.6. The van der Waals surface area contributed by atoms with Crippen molar-refractivity contribution >= 4 is 21.7 Å². The number of carboxylic acids is 1. The summed E-state index contributed by atoms with van der Waals surface area (Å²) in [5.74, 6) is -2.00. The molecule has 21 heavy (non-hydrogen) atoms. The Balaban J connectivity index is 2.20. The third kappa shape index (κ3) is 3.26. The highest BCUT2D eigenvalue weighted by Gasteiger charge is 2.41. The fraction of sp³-hybridized carbons (Fsp3) is 0.538. The van der Waals surface area contributed by atoms with Gasteiger partial charge in [0.2, 0.25) is 14.9 Å². The second-order valence-electron chi connectivity index (χ2n) is 5.29. The SMILES string of the molecule is CS(=O)(=O)c1ccc(C(=O)NC2(C(=O)O)CCCCC2)o1. The van der Waals surface area contributed by atoms with Gasteiger partial charge in [-0.25, -0.2) is 13.2 Å². The summed E-state index contributed by atoms with van der Waals surface area (Å²) in [6, 6.07) is 2.41. The lowest BCUT2D eigenvalue weighted by Gasteiger charge is -2.33. The van der Waals surface area contributed by atoms with Crippen LogP contribution in [-0.2, 0) is 14.6 Å². The minimum absolute atomic E-state index is 0.207. The molecule has 1 fully saturated rings. The first-order chi connectivity index (χ1) is 9.74. The predicted molar refractivity (Wildman–Crippen MR) is 72.7 cm³/mol. The van der Waals surface area contributed by atoms with E-state index in [1.165, 1.54) is 12.1 Å². The minimum Gasteiger partial charge on any atom is -0.480 e. The van der Waals surface area contributed by atoms with Crippen molar-refractivity contribution in [3.63, 3.8) is 0 Å². The average Bonchev–Trinajstić information content (AvgIpc) is 2.89. The van der Waals surface area contributed by atoms with Crippen LogP contribution in [0, 0.1) is 0 Å². The summed E-state index contributed by atoms with van der Waals surface area (Å²) < 4.78 is 27.6. The number of rotatable bonds is 4. The Kier molecular flexibility index (Phi) is 4.08. The number of nitrogens with one attached hydrogen (secondary N) is 1. The Hall–Kier alpha value is -1.83. The number of sulfone groups is 1. The van der Waals surface area contributed by atoms with E-state index in [2.05, 4.69) is 5.32 Å². The van der Waals surface area contributed by atoms with Gasteiger partial charge >= 0.3 is 5.97 Å². The van der Waals surface area contributed by atoms with Crippen molar-refractivity contribution < 1.29 is 27.5 Å². The molecule has 116 valence electrons. The van der Waals surface area contributed by atoms with Gasteiger partial charge in [-0.2, -0.15) is 0 Å². The number of amides is 1. The van der Waals surface area contributed by atoms with Gasteiger partial charge in [-0.1, -0.05) is 19.3 Å². The van der Waals surface area contributed by atoms with Crippen molar-refractivity contribution in [3.05, 3.63) is 17.9 Å². The number of hydrogen-bond donors (Lipinski definition) is 2. The van der Waals surface area contributed by atoms with Crippen LogP contribution in [0.15, 0.2) is 21.6 Å². The molecule has 7 nitrogen and oxygen atoms in total. The molecule has 1 heterocycles. The van der Waals surface area contributed by atoms with Crippen LogP contribution in [0.5, 0.6) is 0 Å². The highest BCUT2D eigenvalue weighted by molar-refractivity contribution is 7.90. The third-order valence-corrected chi connectivity index (χ3v) is 4.59. The first-order valence-electron chi connectivity index (χ1n) is 6.60. The summed E-state index contributed by atoms with van der Waals surface area (Å²) in [5, 5.41) is 11.5. The normalized spacial score (nSPS) is 18.1. The average molecular weight is 315 g/mol. The summed E-state index contributed by atoms with van der Waals surface area (Å²) >= 11 is 0. The van der Waals surface area contributed by atoms with Crippen LogP contribution in [0.3, 0.4) is 0 Å². The molecule has 0 saturated heterocycles. The van der Waals surface area contributed by atoms with Crippen molar-refractivity contribution in [1.82, 2.24) is 5.32 Å². The van der Waals surface area contributed by atoms with E-state index >= 15 is 0 Å². The molecule has 0 radical (unpaired) electrons. The predicted octanol–water partition coefficient (Wildman–Crippen LogP) is 1.20. The summed E-state index contributed by atoms with van der Waals surface area (Å²) in [6.45, 7) is 0. The first-order valence-corrected chi connectivity index (χ1v) is 8.50. The molecular weight excluding hydrogens is 298 g/mol. The number of carboxylic acid groups (broad SMARTS) is 1. The molecule has 0 atom stereocenters. The number of hydrogen-bond acceptors (Lipinski definition) is 5. The van der Waals surface area contributed by atoms with Gasteiger partial charge in [-0.15, -0.1) is 0 Å². The molecule has 0 aliphatic heterocycles. The van der Waals surface area contributed by atoms with Crippen LogP contribution < -0.4 is 5.32 Å². The third-order valence-electron chi connectivity index (χ3n) is 3.64. The summed E-state index contributed by atoms with van der Waals surface area (Å²) in [5.41, 5.74) is -1.30. The maximum absolute atomic E-state index is 12.1. The van der Waals surface area contributed by atoms with E-state index in [0.29, 0.717) is 12.8 Å². The summed E-state index contributed by atoms with van der Waals surface area (Å²) in [4.78, 5) is 23.6. The minimum atomic E-state index is -3.54. The zero-order valence-corrected chi connectivity index (χ0v) is 12.4. The van der Waals surface area contributed by atoms with E-state index in [9.17, 15) is 23.1 Å². The number of carbonyl (C=O) groups is 2. The Morgan fingerprint density at radius 1 is 1.24 bits per heavy atom. The van der Waals surface area contributed by atoms with Crippen molar-refractivity contribution in [2.75, 3.05) is 6.26 Å². The quantitative estimate of drug-likeness (QED) is 0.863. The molecule has 0 bridgehead atoms. The highest BCUT2D eigenvalue weighted by Crippen LogP contribution is 2.29. The molecule has 2 rings (SSSR count). The van der Waals surface area contributed by atoms with Crippen molar-refractivity contribution in [3.8, 4) is 0 Å². The maximum Gasteiger partial charge on any atom is 0.329 e. The second-order valence-corrected chi connectivity index (χ2v) is 7.24. The molecule has 1 aliphatic carbocycles. The molecule has 1 aromatic heterocycles. The molecule has 0 spiro atoms. The van der Waals surface area contributed by atoms with Crippen LogP contribution in [0.2, 0.25) is 0 Å². The lowest BCUT2D eigenvalue weighted by molar-refractivity contribution is -0.145. The summed E-state index contributed by atoms with van der Waals surface area (Å²) in [6.07, 6.45) is 4.05. The Bertz CT molecular complexity index is 654. The van der Waals surface area contributed by atoms with Gasteiger partial charge in [0.25, 0.3) is 5.91 Å². The van der Waals surface area contributed by atoms with E-state index in [0.717, 1.165) is 25.5 Å². The van der Waals surface area contributed by atoms with Crippen molar-refractivity contribution in [2.24, 2.45) is 0 Å². The van der Waals surface area contributed by atoms with E-state index in [1.54, 1.807) is 0 Å². The molecule has 0 unspecified atom stereocenters. The molecule has 1 aliphatic rings. The maximum atomic E-state index is 12.1. The topological polar surface area (TPSA) is 114 Å². The zero-order valence-electron chi connectivity index (χ0n) is 11.6. The second kappa shape index (κ2) is 5.51.